The van der Waals surface area contributed by atoms with Gasteiger partial charge in [-0.15, -0.1) is 0 Å². The predicted molar refractivity (Wildman–Crippen MR) is 70.4 cm³/mol. The van der Waals surface area contributed by atoms with Gasteiger partial charge in [0, 0.05) is 31.8 Å². The molecule has 0 spiro atoms. The molecule has 1 aromatic heterocycles. The third-order valence-corrected chi connectivity index (χ3v) is 2.74. The van der Waals surface area contributed by atoms with Gasteiger partial charge in [-0.2, -0.15) is 0 Å². The SMILES string of the molecule is Cc1ccc(C(=O)NCCc2cn(C)cn2)cc1. The number of hydrogen-bond donors (Lipinski definition) is 1. The van der Waals surface area contributed by atoms with Crippen molar-refractivity contribution in [3.63, 3.8) is 0 Å². The molecule has 1 amide bonds. The first kappa shape index (κ1) is 12.4. The second kappa shape index (κ2) is 5.49. The summed E-state index contributed by atoms with van der Waals surface area (Å²) >= 11 is 0. The van der Waals surface area contributed by atoms with Crippen LogP contribution in [-0.4, -0.2) is 22.0 Å². The molecule has 0 saturated carbocycles. The van der Waals surface area contributed by atoms with Crippen LogP contribution in [0, 0.1) is 6.92 Å². The normalized spacial score (nSPS) is 10.3. The lowest BCUT2D eigenvalue weighted by atomic mass is 10.1. The van der Waals surface area contributed by atoms with E-state index >= 15 is 0 Å². The highest BCUT2D eigenvalue weighted by molar-refractivity contribution is 5.94. The number of aryl methyl sites for hydroxylation is 2. The van der Waals surface area contributed by atoms with Crippen LogP contribution in [-0.2, 0) is 13.5 Å². The van der Waals surface area contributed by atoms with Gasteiger partial charge in [0.2, 0.25) is 0 Å². The largest absolute Gasteiger partial charge is 0.352 e. The molecule has 0 saturated heterocycles. The van der Waals surface area contributed by atoms with Crippen LogP contribution in [0.25, 0.3) is 0 Å². The van der Waals surface area contributed by atoms with Crippen molar-refractivity contribution in [3.8, 4) is 0 Å². The molecule has 0 atom stereocenters. The first-order chi connectivity index (χ1) is 8.65. The van der Waals surface area contributed by atoms with Crippen molar-refractivity contribution in [3.05, 3.63) is 53.6 Å². The fourth-order valence-corrected chi connectivity index (χ4v) is 1.71. The molecular weight excluding hydrogens is 226 g/mol. The van der Waals surface area contributed by atoms with Crippen LogP contribution in [0.5, 0.6) is 0 Å². The van der Waals surface area contributed by atoms with E-state index < -0.39 is 0 Å². The minimum atomic E-state index is -0.0362. The van der Waals surface area contributed by atoms with E-state index in [1.165, 1.54) is 0 Å². The quantitative estimate of drug-likeness (QED) is 0.888. The fourth-order valence-electron chi connectivity index (χ4n) is 1.71. The maximum atomic E-state index is 11.8. The summed E-state index contributed by atoms with van der Waals surface area (Å²) in [5.74, 6) is -0.0362. The van der Waals surface area contributed by atoms with Gasteiger partial charge < -0.3 is 9.88 Å². The molecule has 2 aromatic rings. The lowest BCUT2D eigenvalue weighted by Crippen LogP contribution is -2.25. The molecule has 0 unspecified atom stereocenters. The van der Waals surface area contributed by atoms with E-state index in [9.17, 15) is 4.79 Å². The number of nitrogens with zero attached hydrogens (tertiary/aromatic N) is 2. The lowest BCUT2D eigenvalue weighted by Gasteiger charge is -2.04. The van der Waals surface area contributed by atoms with Gasteiger partial charge in [0.15, 0.2) is 0 Å². The van der Waals surface area contributed by atoms with E-state index in [0.717, 1.165) is 17.7 Å². The molecule has 1 N–H and O–H groups in total. The Labute approximate surface area is 107 Å². The summed E-state index contributed by atoms with van der Waals surface area (Å²) in [5.41, 5.74) is 2.84. The number of imidazole rings is 1. The van der Waals surface area contributed by atoms with Gasteiger partial charge in [-0.3, -0.25) is 4.79 Å². The molecule has 1 heterocycles. The Morgan fingerprint density at radius 3 is 2.67 bits per heavy atom. The number of carbonyl (C=O) groups is 1. The monoisotopic (exact) mass is 243 g/mol. The Hall–Kier alpha value is -2.10. The van der Waals surface area contributed by atoms with Gasteiger partial charge >= 0.3 is 0 Å². The van der Waals surface area contributed by atoms with Crippen molar-refractivity contribution >= 4 is 5.91 Å². The zero-order chi connectivity index (χ0) is 13.0. The number of aromatic nitrogens is 2. The molecule has 4 nitrogen and oxygen atoms in total. The predicted octanol–water partition coefficient (Wildman–Crippen LogP) is 1.70. The Kier molecular flexibility index (Phi) is 3.77. The van der Waals surface area contributed by atoms with Crippen molar-refractivity contribution in [2.75, 3.05) is 6.54 Å². The Morgan fingerprint density at radius 1 is 1.33 bits per heavy atom. The summed E-state index contributed by atoms with van der Waals surface area (Å²) in [6.07, 6.45) is 4.47. The topological polar surface area (TPSA) is 46.9 Å². The van der Waals surface area contributed by atoms with E-state index in [4.69, 9.17) is 0 Å². The van der Waals surface area contributed by atoms with Crippen LogP contribution in [0.2, 0.25) is 0 Å². The summed E-state index contributed by atoms with van der Waals surface area (Å²) in [6, 6.07) is 7.55. The summed E-state index contributed by atoms with van der Waals surface area (Å²) in [4.78, 5) is 16.0. The fraction of sp³-hybridized carbons (Fsp3) is 0.286. The molecule has 0 radical (unpaired) electrons. The number of carbonyl (C=O) groups excluding carboxylic acids is 1. The summed E-state index contributed by atoms with van der Waals surface area (Å²) in [5, 5.41) is 2.89. The zero-order valence-corrected chi connectivity index (χ0v) is 10.7. The highest BCUT2D eigenvalue weighted by atomic mass is 16.1. The Morgan fingerprint density at radius 2 is 2.06 bits per heavy atom. The van der Waals surface area contributed by atoms with Crippen LogP contribution >= 0.6 is 0 Å². The molecule has 1 aromatic carbocycles. The van der Waals surface area contributed by atoms with Crippen molar-refractivity contribution in [1.82, 2.24) is 14.9 Å². The van der Waals surface area contributed by atoms with E-state index in [1.54, 1.807) is 6.33 Å². The minimum absolute atomic E-state index is 0.0362. The van der Waals surface area contributed by atoms with Crippen LogP contribution < -0.4 is 5.32 Å². The van der Waals surface area contributed by atoms with Crippen LogP contribution in [0.3, 0.4) is 0 Å². The van der Waals surface area contributed by atoms with E-state index in [-0.39, 0.29) is 5.91 Å². The Balaban J connectivity index is 1.83. The molecule has 0 bridgehead atoms. The summed E-state index contributed by atoms with van der Waals surface area (Å²) < 4.78 is 1.90. The molecule has 0 aliphatic heterocycles. The second-order valence-corrected chi connectivity index (χ2v) is 4.40. The van der Waals surface area contributed by atoms with Crippen molar-refractivity contribution in [1.29, 1.82) is 0 Å². The Bertz CT molecular complexity index is 528. The average Bonchev–Trinajstić information content (AvgIpc) is 2.76. The minimum Gasteiger partial charge on any atom is -0.352 e. The van der Waals surface area contributed by atoms with Crippen LogP contribution in [0.4, 0.5) is 0 Å². The van der Waals surface area contributed by atoms with Crippen LogP contribution in [0.15, 0.2) is 36.8 Å². The number of benzene rings is 1. The zero-order valence-electron chi connectivity index (χ0n) is 10.7. The maximum Gasteiger partial charge on any atom is 0.251 e. The summed E-state index contributed by atoms with van der Waals surface area (Å²) in [7, 11) is 1.93. The number of nitrogens with one attached hydrogen (secondary N) is 1. The first-order valence-corrected chi connectivity index (χ1v) is 5.97. The lowest BCUT2D eigenvalue weighted by molar-refractivity contribution is 0.0954. The van der Waals surface area contributed by atoms with Gasteiger partial charge in [-0.25, -0.2) is 4.98 Å². The second-order valence-electron chi connectivity index (χ2n) is 4.40. The van der Waals surface area contributed by atoms with Crippen molar-refractivity contribution in [2.45, 2.75) is 13.3 Å². The third-order valence-electron chi connectivity index (χ3n) is 2.74. The van der Waals surface area contributed by atoms with Crippen LogP contribution in [0.1, 0.15) is 21.6 Å². The number of amides is 1. The molecule has 4 heteroatoms. The summed E-state index contributed by atoms with van der Waals surface area (Å²) in [6.45, 7) is 2.60. The van der Waals surface area contributed by atoms with Crippen molar-refractivity contribution < 1.29 is 4.79 Å². The first-order valence-electron chi connectivity index (χ1n) is 5.97. The highest BCUT2D eigenvalue weighted by Crippen LogP contribution is 2.02. The standard InChI is InChI=1S/C14H17N3O/c1-11-3-5-12(6-4-11)14(18)15-8-7-13-9-17(2)10-16-13/h3-6,9-10H,7-8H2,1-2H3,(H,15,18). The van der Waals surface area contributed by atoms with Gasteiger partial charge in [-0.1, -0.05) is 17.7 Å². The maximum absolute atomic E-state index is 11.8. The van der Waals surface area contributed by atoms with Gasteiger partial charge in [0.05, 0.1) is 12.0 Å². The van der Waals surface area contributed by atoms with E-state index in [2.05, 4.69) is 10.3 Å². The third kappa shape index (κ3) is 3.20. The molecular formula is C14H17N3O. The van der Waals surface area contributed by atoms with Crippen molar-refractivity contribution in [2.24, 2.45) is 7.05 Å². The molecule has 0 fully saturated rings. The number of rotatable bonds is 4. The van der Waals surface area contributed by atoms with E-state index in [0.29, 0.717) is 12.1 Å². The smallest absolute Gasteiger partial charge is 0.251 e. The number of hydrogen-bond acceptors (Lipinski definition) is 2. The average molecular weight is 243 g/mol. The molecule has 94 valence electrons. The van der Waals surface area contributed by atoms with Gasteiger partial charge in [-0.05, 0) is 19.1 Å². The molecule has 2 rings (SSSR count). The van der Waals surface area contributed by atoms with Gasteiger partial charge in [0.1, 0.15) is 0 Å². The molecule has 0 aliphatic carbocycles. The molecule has 0 aliphatic rings. The van der Waals surface area contributed by atoms with E-state index in [1.807, 2.05) is 49.0 Å². The van der Waals surface area contributed by atoms with Gasteiger partial charge in [0.25, 0.3) is 5.91 Å². The molecule has 18 heavy (non-hydrogen) atoms. The highest BCUT2D eigenvalue weighted by Gasteiger charge is 2.04.